The maximum Gasteiger partial charge on any atom is 0.270 e. The van der Waals surface area contributed by atoms with Crippen molar-refractivity contribution >= 4 is 17.4 Å². The van der Waals surface area contributed by atoms with Gasteiger partial charge in [-0.05, 0) is 30.8 Å². The van der Waals surface area contributed by atoms with Crippen LogP contribution in [0.4, 0.5) is 5.82 Å². The van der Waals surface area contributed by atoms with Crippen molar-refractivity contribution < 1.29 is 9.90 Å². The molecular formula is C25H29N9O2. The van der Waals surface area contributed by atoms with Gasteiger partial charge in [0, 0.05) is 65.2 Å². The fourth-order valence-electron chi connectivity index (χ4n) is 4.06. The molecule has 11 nitrogen and oxygen atoms in total. The Bertz CT molecular complexity index is 1380. The minimum Gasteiger partial charge on any atom is -0.400 e. The summed E-state index contributed by atoms with van der Waals surface area (Å²) in [5, 5.41) is 27.9. The Morgan fingerprint density at radius 1 is 1.08 bits per heavy atom. The van der Waals surface area contributed by atoms with E-state index < -0.39 is 0 Å². The number of fused-ring (bicyclic) bond motifs is 1. The van der Waals surface area contributed by atoms with E-state index in [1.807, 2.05) is 41.9 Å². The van der Waals surface area contributed by atoms with Crippen molar-refractivity contribution in [3.63, 3.8) is 0 Å². The van der Waals surface area contributed by atoms with Gasteiger partial charge in [-0.2, -0.15) is 20.0 Å². The summed E-state index contributed by atoms with van der Waals surface area (Å²) in [4.78, 5) is 22.2. The van der Waals surface area contributed by atoms with Crippen molar-refractivity contribution in [3.05, 3.63) is 65.5 Å². The SMILES string of the molecule is CN1CCN(c2cc(C(=O)NCc3ccc(C#N)cc3)nc3cc(-c4ccnn4C)nn23)CC1.CO. The molecule has 1 fully saturated rings. The number of aromatic nitrogens is 5. The largest absolute Gasteiger partial charge is 0.400 e. The van der Waals surface area contributed by atoms with Crippen LogP contribution in [0, 0.1) is 11.3 Å². The van der Waals surface area contributed by atoms with Gasteiger partial charge in [-0.3, -0.25) is 9.48 Å². The molecule has 186 valence electrons. The van der Waals surface area contributed by atoms with Crippen LogP contribution in [0.2, 0.25) is 0 Å². The maximum atomic E-state index is 13.1. The molecule has 1 saturated heterocycles. The van der Waals surface area contributed by atoms with Gasteiger partial charge in [0.25, 0.3) is 5.91 Å². The van der Waals surface area contributed by atoms with Gasteiger partial charge < -0.3 is 20.2 Å². The second-order valence-electron chi connectivity index (χ2n) is 8.42. The van der Waals surface area contributed by atoms with E-state index in [-0.39, 0.29) is 5.91 Å². The number of carbonyl (C=O) groups is 1. The lowest BCUT2D eigenvalue weighted by atomic mass is 10.1. The Labute approximate surface area is 209 Å². The quantitative estimate of drug-likeness (QED) is 0.431. The van der Waals surface area contributed by atoms with E-state index in [4.69, 9.17) is 15.5 Å². The average molecular weight is 488 g/mol. The van der Waals surface area contributed by atoms with Crippen LogP contribution in [0.5, 0.6) is 0 Å². The lowest BCUT2D eigenvalue weighted by molar-refractivity contribution is 0.0946. The van der Waals surface area contributed by atoms with Crippen molar-refractivity contribution in [3.8, 4) is 17.5 Å². The number of hydrogen-bond acceptors (Lipinski definition) is 8. The third kappa shape index (κ3) is 5.19. The zero-order chi connectivity index (χ0) is 25.7. The molecule has 0 atom stereocenters. The van der Waals surface area contributed by atoms with Crippen LogP contribution in [0.3, 0.4) is 0 Å². The molecule has 4 heterocycles. The number of nitriles is 1. The van der Waals surface area contributed by atoms with Gasteiger partial charge in [-0.1, -0.05) is 12.1 Å². The van der Waals surface area contributed by atoms with Crippen LogP contribution in [0.1, 0.15) is 21.6 Å². The third-order valence-electron chi connectivity index (χ3n) is 6.09. The van der Waals surface area contributed by atoms with Crippen molar-refractivity contribution in [1.82, 2.24) is 34.6 Å². The number of aliphatic hydroxyl groups excluding tert-OH is 1. The number of nitrogens with one attached hydrogen (secondary N) is 1. The molecule has 1 aliphatic heterocycles. The Morgan fingerprint density at radius 2 is 1.81 bits per heavy atom. The fraction of sp³-hybridized carbons (Fsp3) is 0.320. The zero-order valence-electron chi connectivity index (χ0n) is 20.6. The molecular weight excluding hydrogens is 458 g/mol. The highest BCUT2D eigenvalue weighted by atomic mass is 16.2. The third-order valence-corrected chi connectivity index (χ3v) is 6.09. The molecule has 0 radical (unpaired) electrons. The van der Waals surface area contributed by atoms with Gasteiger partial charge in [-0.15, -0.1) is 0 Å². The zero-order valence-corrected chi connectivity index (χ0v) is 20.6. The number of benzene rings is 1. The van der Waals surface area contributed by atoms with E-state index >= 15 is 0 Å². The summed E-state index contributed by atoms with van der Waals surface area (Å²) in [6.45, 7) is 3.88. The second-order valence-corrected chi connectivity index (χ2v) is 8.42. The molecule has 11 heteroatoms. The van der Waals surface area contributed by atoms with E-state index in [0.29, 0.717) is 23.4 Å². The lowest BCUT2D eigenvalue weighted by Gasteiger charge is -2.34. The molecule has 2 N–H and O–H groups in total. The van der Waals surface area contributed by atoms with Crippen LogP contribution >= 0.6 is 0 Å². The minimum atomic E-state index is -0.259. The van der Waals surface area contributed by atoms with Crippen molar-refractivity contribution in [2.24, 2.45) is 7.05 Å². The highest BCUT2D eigenvalue weighted by molar-refractivity contribution is 5.93. The predicted molar refractivity (Wildman–Crippen MR) is 135 cm³/mol. The first kappa shape index (κ1) is 24.8. The number of piperazine rings is 1. The van der Waals surface area contributed by atoms with Crippen molar-refractivity contribution in [2.75, 3.05) is 45.2 Å². The van der Waals surface area contributed by atoms with E-state index in [1.165, 1.54) is 0 Å². The van der Waals surface area contributed by atoms with Gasteiger partial charge in [0.1, 0.15) is 17.2 Å². The number of aryl methyl sites for hydroxylation is 1. The number of aliphatic hydroxyl groups is 1. The van der Waals surface area contributed by atoms with Crippen LogP contribution in [-0.2, 0) is 13.6 Å². The van der Waals surface area contributed by atoms with E-state index in [9.17, 15) is 4.79 Å². The molecule has 1 aliphatic rings. The van der Waals surface area contributed by atoms with Crippen LogP contribution < -0.4 is 10.2 Å². The Balaban J connectivity index is 0.00000148. The average Bonchev–Trinajstić information content (AvgIpc) is 3.54. The first-order valence-electron chi connectivity index (χ1n) is 11.6. The highest BCUT2D eigenvalue weighted by Crippen LogP contribution is 2.24. The summed E-state index contributed by atoms with van der Waals surface area (Å²) in [6.07, 6.45) is 1.73. The van der Waals surface area contributed by atoms with E-state index in [1.54, 1.807) is 23.0 Å². The number of anilines is 1. The van der Waals surface area contributed by atoms with E-state index in [0.717, 1.165) is 56.1 Å². The number of nitrogens with zero attached hydrogens (tertiary/aromatic N) is 8. The van der Waals surface area contributed by atoms with Crippen LogP contribution in [0.15, 0.2) is 48.7 Å². The van der Waals surface area contributed by atoms with Gasteiger partial charge in [0.15, 0.2) is 5.65 Å². The number of hydrogen-bond donors (Lipinski definition) is 2. The molecule has 3 aromatic heterocycles. The molecule has 0 saturated carbocycles. The van der Waals surface area contributed by atoms with Crippen molar-refractivity contribution in [2.45, 2.75) is 6.54 Å². The second kappa shape index (κ2) is 11.0. The van der Waals surface area contributed by atoms with E-state index in [2.05, 4.69) is 38.3 Å². The van der Waals surface area contributed by atoms with Gasteiger partial charge >= 0.3 is 0 Å². The predicted octanol–water partition coefficient (Wildman–Crippen LogP) is 1.29. The Hall–Kier alpha value is -4.27. The number of carbonyl (C=O) groups excluding carboxylic acids is 1. The maximum absolute atomic E-state index is 13.1. The molecule has 1 aromatic carbocycles. The molecule has 0 spiro atoms. The molecule has 5 rings (SSSR count). The normalized spacial score (nSPS) is 13.7. The number of amides is 1. The van der Waals surface area contributed by atoms with Crippen LogP contribution in [-0.4, -0.2) is 80.6 Å². The summed E-state index contributed by atoms with van der Waals surface area (Å²) >= 11 is 0. The minimum absolute atomic E-state index is 0.259. The molecule has 0 bridgehead atoms. The Kier molecular flexibility index (Phi) is 7.58. The van der Waals surface area contributed by atoms with Gasteiger partial charge in [-0.25, -0.2) is 4.98 Å². The smallest absolute Gasteiger partial charge is 0.270 e. The monoisotopic (exact) mass is 487 g/mol. The number of rotatable bonds is 5. The fourth-order valence-corrected chi connectivity index (χ4v) is 4.06. The molecule has 36 heavy (non-hydrogen) atoms. The van der Waals surface area contributed by atoms with Crippen LogP contribution in [0.25, 0.3) is 17.0 Å². The summed E-state index contributed by atoms with van der Waals surface area (Å²) < 4.78 is 3.58. The first-order valence-corrected chi connectivity index (χ1v) is 11.6. The standard InChI is InChI=1S/C24H25N9O.CH4O/c1-30-9-11-32(12-10-30)23-14-20(24(34)26-16-18-5-3-17(15-25)4-6-18)28-22-13-19(29-33(22)23)21-7-8-27-31(21)2;1-2/h3-8,13-14H,9-12,16H2,1-2H3,(H,26,34);2H,1H3. The van der Waals surface area contributed by atoms with Crippen molar-refractivity contribution in [1.29, 1.82) is 5.26 Å². The summed E-state index contributed by atoms with van der Waals surface area (Å²) in [7, 11) is 4.98. The molecule has 1 amide bonds. The summed E-state index contributed by atoms with van der Waals surface area (Å²) in [6, 6.07) is 14.8. The van der Waals surface area contributed by atoms with Gasteiger partial charge in [0.05, 0.1) is 17.3 Å². The lowest BCUT2D eigenvalue weighted by Crippen LogP contribution is -2.45. The molecule has 0 unspecified atom stereocenters. The summed E-state index contributed by atoms with van der Waals surface area (Å²) in [5.74, 6) is 0.584. The first-order chi connectivity index (χ1) is 17.5. The molecule has 4 aromatic rings. The highest BCUT2D eigenvalue weighted by Gasteiger charge is 2.22. The van der Waals surface area contributed by atoms with Gasteiger partial charge in [0.2, 0.25) is 0 Å². The Morgan fingerprint density at radius 3 is 2.44 bits per heavy atom. The summed E-state index contributed by atoms with van der Waals surface area (Å²) in [5.41, 5.74) is 4.07. The molecule has 0 aliphatic carbocycles. The number of likely N-dealkylation sites (N-methyl/N-ethyl adjacent to an activating group) is 1. The topological polar surface area (TPSA) is 128 Å².